The summed E-state index contributed by atoms with van der Waals surface area (Å²) in [5, 5.41) is 13.0. The van der Waals surface area contributed by atoms with Gasteiger partial charge in [-0.15, -0.1) is 0 Å². The van der Waals surface area contributed by atoms with Crippen molar-refractivity contribution in [2.45, 2.75) is 38.3 Å². The summed E-state index contributed by atoms with van der Waals surface area (Å²) in [4.78, 5) is 57.2. The number of carbonyl (C=O) groups excluding carboxylic acids is 3. The number of carboxylic acid groups (broad SMARTS) is 1. The molecule has 0 aliphatic heterocycles. The number of hydrogen-bond donors (Lipinski definition) is 4. The van der Waals surface area contributed by atoms with Crippen molar-refractivity contribution in [1.82, 2.24) is 10.3 Å². The Hall–Kier alpha value is -4.92. The molecule has 0 spiro atoms. The molecular weight excluding hydrogens is 508 g/mol. The number of aliphatic carboxylic acids is 1. The van der Waals surface area contributed by atoms with Crippen molar-refractivity contribution in [3.63, 3.8) is 0 Å². The number of H-pyrrole nitrogens is 1. The number of nitrogens with one attached hydrogen (secondary N) is 2. The molecule has 0 bridgehead atoms. The average Bonchev–Trinajstić information content (AvgIpc) is 3.38. The number of carbonyl (C=O) groups is 4. The van der Waals surface area contributed by atoms with E-state index in [4.69, 9.17) is 5.73 Å². The van der Waals surface area contributed by atoms with Crippen molar-refractivity contribution in [2.75, 3.05) is 4.90 Å². The van der Waals surface area contributed by atoms with Crippen molar-refractivity contribution in [2.24, 2.45) is 11.7 Å². The number of primary amides is 1. The molecule has 3 aromatic carbocycles. The van der Waals surface area contributed by atoms with Crippen molar-refractivity contribution < 1.29 is 24.3 Å². The van der Waals surface area contributed by atoms with E-state index < -0.39 is 41.2 Å². The second-order valence-corrected chi connectivity index (χ2v) is 9.89. The van der Waals surface area contributed by atoms with Crippen molar-refractivity contribution >= 4 is 40.3 Å². The summed E-state index contributed by atoms with van der Waals surface area (Å²) in [5.41, 5.74) is 6.30. The van der Waals surface area contributed by atoms with Crippen LogP contribution in [0, 0.1) is 5.92 Å². The number of fused-ring (bicyclic) bond motifs is 1. The van der Waals surface area contributed by atoms with Crippen LogP contribution in [0.1, 0.15) is 42.7 Å². The standard InChI is InChI=1S/C31H32N4O5/c1-20(2)31(30(32)40,22-12-5-3-6-13-22)35(23-14-7-4-8-15-23)29(39)25(17-18-27(36)37)34-28(38)26-19-21-11-9-10-16-24(21)33-26/h3-16,19-20,25,33H,17-18H2,1-2H3,(H2,32,40)(H,34,38)(H,36,37). The molecule has 40 heavy (non-hydrogen) atoms. The maximum atomic E-state index is 14.5. The SMILES string of the molecule is CC(C)C(C(N)=O)(c1ccccc1)N(C(=O)C(CCC(=O)O)NC(=O)c1cc2ccccc2[nH]1)c1ccccc1. The summed E-state index contributed by atoms with van der Waals surface area (Å²) in [6, 6.07) is 25.0. The molecule has 3 amide bonds. The van der Waals surface area contributed by atoms with Gasteiger partial charge >= 0.3 is 5.97 Å². The lowest BCUT2D eigenvalue weighted by molar-refractivity contribution is -0.137. The van der Waals surface area contributed by atoms with Crippen LogP contribution in [0.15, 0.2) is 91.0 Å². The molecule has 0 aliphatic rings. The normalized spacial score (nSPS) is 13.4. The highest BCUT2D eigenvalue weighted by molar-refractivity contribution is 6.08. The van der Waals surface area contributed by atoms with Crippen LogP contribution in [0.5, 0.6) is 0 Å². The first-order chi connectivity index (χ1) is 19.2. The van der Waals surface area contributed by atoms with Crippen molar-refractivity contribution in [1.29, 1.82) is 0 Å². The molecule has 1 aromatic heterocycles. The van der Waals surface area contributed by atoms with Gasteiger partial charge in [-0.2, -0.15) is 0 Å². The first-order valence-electron chi connectivity index (χ1n) is 13.0. The van der Waals surface area contributed by atoms with Crippen LogP contribution in [0.2, 0.25) is 0 Å². The van der Waals surface area contributed by atoms with Gasteiger partial charge < -0.3 is 21.1 Å². The Kier molecular flexibility index (Phi) is 8.33. The number of rotatable bonds is 11. The van der Waals surface area contributed by atoms with Gasteiger partial charge in [-0.05, 0) is 42.2 Å². The van der Waals surface area contributed by atoms with E-state index in [9.17, 15) is 24.3 Å². The van der Waals surface area contributed by atoms with E-state index in [-0.39, 0.29) is 18.5 Å². The predicted octanol–water partition coefficient (Wildman–Crippen LogP) is 4.20. The first-order valence-corrected chi connectivity index (χ1v) is 13.0. The minimum atomic E-state index is -1.65. The Morgan fingerprint density at radius 1 is 0.925 bits per heavy atom. The minimum absolute atomic E-state index is 0.203. The number of carboxylic acids is 1. The maximum absolute atomic E-state index is 14.5. The van der Waals surface area contributed by atoms with E-state index in [0.717, 1.165) is 10.9 Å². The number of hydrogen-bond acceptors (Lipinski definition) is 4. The molecule has 2 unspecified atom stereocenters. The van der Waals surface area contributed by atoms with Crippen molar-refractivity contribution in [3.05, 3.63) is 102 Å². The van der Waals surface area contributed by atoms with E-state index in [2.05, 4.69) is 10.3 Å². The summed E-state index contributed by atoms with van der Waals surface area (Å²) in [6.07, 6.45) is -0.589. The van der Waals surface area contributed by atoms with Gasteiger partial charge in [0.1, 0.15) is 11.7 Å². The Labute approximate surface area is 232 Å². The zero-order valence-corrected chi connectivity index (χ0v) is 22.3. The average molecular weight is 541 g/mol. The van der Waals surface area contributed by atoms with Crippen LogP contribution in [0.3, 0.4) is 0 Å². The molecule has 2 atom stereocenters. The molecule has 5 N–H and O–H groups in total. The van der Waals surface area contributed by atoms with E-state index >= 15 is 0 Å². The predicted molar refractivity (Wildman–Crippen MR) is 153 cm³/mol. The Bertz CT molecular complexity index is 1480. The molecule has 0 radical (unpaired) electrons. The van der Waals surface area contributed by atoms with Gasteiger partial charge in [0.05, 0.1) is 0 Å². The third-order valence-corrected chi connectivity index (χ3v) is 7.04. The highest BCUT2D eigenvalue weighted by Gasteiger charge is 2.51. The number of benzene rings is 3. The number of aromatic amines is 1. The summed E-state index contributed by atoms with van der Waals surface area (Å²) in [6.45, 7) is 3.58. The molecule has 9 nitrogen and oxygen atoms in total. The van der Waals surface area contributed by atoms with Crippen molar-refractivity contribution in [3.8, 4) is 0 Å². The van der Waals surface area contributed by atoms with Gasteiger partial charge in [0, 0.05) is 23.0 Å². The van der Waals surface area contributed by atoms with Crippen LogP contribution in [-0.4, -0.2) is 39.8 Å². The first kappa shape index (κ1) is 28.1. The molecule has 206 valence electrons. The van der Waals surface area contributed by atoms with Gasteiger partial charge in [0.15, 0.2) is 5.54 Å². The number of nitrogens with zero attached hydrogens (tertiary/aromatic N) is 1. The van der Waals surface area contributed by atoms with Crippen LogP contribution >= 0.6 is 0 Å². The fourth-order valence-electron chi connectivity index (χ4n) is 5.14. The highest BCUT2D eigenvalue weighted by atomic mass is 16.4. The highest BCUT2D eigenvalue weighted by Crippen LogP contribution is 2.40. The smallest absolute Gasteiger partial charge is 0.303 e. The van der Waals surface area contributed by atoms with E-state index in [1.165, 1.54) is 4.90 Å². The number of para-hydroxylation sites is 2. The second kappa shape index (κ2) is 11.9. The van der Waals surface area contributed by atoms with Crippen LogP contribution in [0.25, 0.3) is 10.9 Å². The molecule has 4 rings (SSSR count). The van der Waals surface area contributed by atoms with Crippen LogP contribution in [-0.2, 0) is 19.9 Å². The molecule has 9 heteroatoms. The zero-order chi connectivity index (χ0) is 28.9. The molecule has 4 aromatic rings. The summed E-state index contributed by atoms with van der Waals surface area (Å²) >= 11 is 0. The van der Waals surface area contributed by atoms with Gasteiger partial charge in [0.25, 0.3) is 11.8 Å². The summed E-state index contributed by atoms with van der Waals surface area (Å²) in [7, 11) is 0. The fraction of sp³-hybridized carbons (Fsp3) is 0.226. The Morgan fingerprint density at radius 3 is 2.10 bits per heavy atom. The quantitative estimate of drug-likeness (QED) is 0.225. The van der Waals surface area contributed by atoms with E-state index in [1.54, 1.807) is 80.6 Å². The molecule has 0 fully saturated rings. The minimum Gasteiger partial charge on any atom is -0.481 e. The lowest BCUT2D eigenvalue weighted by Crippen LogP contribution is -2.64. The number of amides is 3. The summed E-state index contributed by atoms with van der Waals surface area (Å²) < 4.78 is 0. The maximum Gasteiger partial charge on any atom is 0.303 e. The van der Waals surface area contributed by atoms with Crippen LogP contribution < -0.4 is 16.0 Å². The van der Waals surface area contributed by atoms with E-state index in [1.807, 2.05) is 24.3 Å². The van der Waals surface area contributed by atoms with Crippen LogP contribution in [0.4, 0.5) is 5.69 Å². The number of anilines is 1. The van der Waals surface area contributed by atoms with Gasteiger partial charge in [-0.1, -0.05) is 80.6 Å². The fourth-order valence-corrected chi connectivity index (χ4v) is 5.14. The monoisotopic (exact) mass is 540 g/mol. The topological polar surface area (TPSA) is 146 Å². The molecule has 0 aliphatic carbocycles. The molecule has 0 saturated carbocycles. The molecule has 1 heterocycles. The summed E-state index contributed by atoms with van der Waals surface area (Å²) in [5.74, 6) is -3.63. The lowest BCUT2D eigenvalue weighted by Gasteiger charge is -2.46. The molecular formula is C31H32N4O5. The third-order valence-electron chi connectivity index (χ3n) is 7.04. The number of aromatic nitrogens is 1. The largest absolute Gasteiger partial charge is 0.481 e. The van der Waals surface area contributed by atoms with Gasteiger partial charge in [-0.3, -0.25) is 24.1 Å². The Morgan fingerprint density at radius 2 is 1.52 bits per heavy atom. The zero-order valence-electron chi connectivity index (χ0n) is 22.3. The van der Waals surface area contributed by atoms with Gasteiger partial charge in [0.2, 0.25) is 5.91 Å². The third kappa shape index (κ3) is 5.44. The van der Waals surface area contributed by atoms with E-state index in [0.29, 0.717) is 11.3 Å². The number of nitrogens with two attached hydrogens (primary N) is 1. The lowest BCUT2D eigenvalue weighted by atomic mass is 9.76. The Balaban J connectivity index is 1.83. The van der Waals surface area contributed by atoms with Gasteiger partial charge in [-0.25, -0.2) is 0 Å². The molecule has 0 saturated heterocycles. The second-order valence-electron chi connectivity index (χ2n) is 9.89.